The average Bonchev–Trinajstić information content (AvgIpc) is 2.89. The minimum Gasteiger partial charge on any atom is -0.481 e. The summed E-state index contributed by atoms with van der Waals surface area (Å²) < 4.78 is 5.78. The van der Waals surface area contributed by atoms with Gasteiger partial charge in [0.15, 0.2) is 6.10 Å². The fourth-order valence-corrected chi connectivity index (χ4v) is 3.01. The first-order valence-corrected chi connectivity index (χ1v) is 8.11. The summed E-state index contributed by atoms with van der Waals surface area (Å²) in [6, 6.07) is 4.02. The molecular weight excluding hydrogens is 294 g/mol. The standard InChI is InChI=1S/C18H25NO4/c1-5-18(6-2,10-16(20)21)19-17(22)15-9-13-7-11(3)12(4)8-14(13)23-15/h7-8,15H,5-6,9-10H2,1-4H3,(H,19,22)(H,20,21). The van der Waals surface area contributed by atoms with Gasteiger partial charge < -0.3 is 15.2 Å². The van der Waals surface area contributed by atoms with E-state index in [2.05, 4.69) is 11.4 Å². The van der Waals surface area contributed by atoms with Crippen LogP contribution in [0.1, 0.15) is 49.8 Å². The van der Waals surface area contributed by atoms with Crippen LogP contribution in [0.25, 0.3) is 0 Å². The maximum Gasteiger partial charge on any atom is 0.305 e. The number of hydrogen-bond acceptors (Lipinski definition) is 3. The summed E-state index contributed by atoms with van der Waals surface area (Å²) in [5.41, 5.74) is 2.63. The molecule has 5 heteroatoms. The van der Waals surface area contributed by atoms with Crippen molar-refractivity contribution >= 4 is 11.9 Å². The lowest BCUT2D eigenvalue weighted by atomic mass is 9.88. The van der Waals surface area contributed by atoms with Crippen molar-refractivity contribution in [1.29, 1.82) is 0 Å². The molecule has 126 valence electrons. The minimum atomic E-state index is -0.907. The molecule has 0 saturated heterocycles. The smallest absolute Gasteiger partial charge is 0.305 e. The number of carbonyl (C=O) groups is 2. The van der Waals surface area contributed by atoms with Crippen molar-refractivity contribution in [3.05, 3.63) is 28.8 Å². The Morgan fingerprint density at radius 1 is 1.26 bits per heavy atom. The van der Waals surface area contributed by atoms with Gasteiger partial charge in [0.25, 0.3) is 5.91 Å². The molecule has 23 heavy (non-hydrogen) atoms. The van der Waals surface area contributed by atoms with Crippen molar-refractivity contribution in [3.8, 4) is 5.75 Å². The average molecular weight is 319 g/mol. The largest absolute Gasteiger partial charge is 0.481 e. The van der Waals surface area contributed by atoms with Crippen LogP contribution in [0.5, 0.6) is 5.75 Å². The number of fused-ring (bicyclic) bond motifs is 1. The Labute approximate surface area is 137 Å². The molecule has 0 aromatic heterocycles. The summed E-state index contributed by atoms with van der Waals surface area (Å²) in [7, 11) is 0. The van der Waals surface area contributed by atoms with Gasteiger partial charge in [0.05, 0.1) is 12.0 Å². The molecule has 1 atom stereocenters. The summed E-state index contributed by atoms with van der Waals surface area (Å²) in [6.07, 6.45) is 0.999. The molecule has 1 aliphatic heterocycles. The van der Waals surface area contributed by atoms with E-state index in [4.69, 9.17) is 9.84 Å². The number of rotatable bonds is 6. The van der Waals surface area contributed by atoms with Gasteiger partial charge in [0.2, 0.25) is 0 Å². The molecule has 0 aliphatic carbocycles. The fraction of sp³-hybridized carbons (Fsp3) is 0.556. The van der Waals surface area contributed by atoms with E-state index >= 15 is 0 Å². The number of nitrogens with one attached hydrogen (secondary N) is 1. The van der Waals surface area contributed by atoms with Crippen LogP contribution in [0.15, 0.2) is 12.1 Å². The molecule has 0 fully saturated rings. The highest BCUT2D eigenvalue weighted by molar-refractivity contribution is 5.84. The van der Waals surface area contributed by atoms with Gasteiger partial charge in [-0.2, -0.15) is 0 Å². The molecule has 1 amide bonds. The predicted octanol–water partition coefficient (Wildman–Crippen LogP) is 2.76. The van der Waals surface area contributed by atoms with Crippen molar-refractivity contribution < 1.29 is 19.4 Å². The molecule has 1 unspecified atom stereocenters. The van der Waals surface area contributed by atoms with E-state index in [1.165, 1.54) is 5.56 Å². The van der Waals surface area contributed by atoms with E-state index in [0.717, 1.165) is 16.9 Å². The van der Waals surface area contributed by atoms with E-state index < -0.39 is 17.6 Å². The first kappa shape index (κ1) is 17.3. The monoisotopic (exact) mass is 319 g/mol. The molecule has 2 N–H and O–H groups in total. The van der Waals surface area contributed by atoms with E-state index in [0.29, 0.717) is 19.3 Å². The van der Waals surface area contributed by atoms with Crippen LogP contribution in [0.3, 0.4) is 0 Å². The number of carbonyl (C=O) groups excluding carboxylic acids is 1. The van der Waals surface area contributed by atoms with E-state index in [1.54, 1.807) is 0 Å². The van der Waals surface area contributed by atoms with E-state index in [1.807, 2.05) is 33.8 Å². The highest BCUT2D eigenvalue weighted by Gasteiger charge is 2.36. The second-order valence-corrected chi connectivity index (χ2v) is 6.40. The van der Waals surface area contributed by atoms with Gasteiger partial charge in [-0.3, -0.25) is 9.59 Å². The van der Waals surface area contributed by atoms with Crippen molar-refractivity contribution in [2.45, 2.75) is 65.0 Å². The normalized spacial score (nSPS) is 16.6. The summed E-state index contributed by atoms with van der Waals surface area (Å²) in [4.78, 5) is 23.7. The van der Waals surface area contributed by atoms with Gasteiger partial charge in [-0.25, -0.2) is 0 Å². The van der Waals surface area contributed by atoms with Gasteiger partial charge in [0, 0.05) is 6.42 Å². The van der Waals surface area contributed by atoms with Crippen LogP contribution in [0.2, 0.25) is 0 Å². The number of carboxylic acid groups (broad SMARTS) is 1. The third-order valence-electron chi connectivity index (χ3n) is 4.88. The Kier molecular flexibility index (Phi) is 4.97. The quantitative estimate of drug-likeness (QED) is 0.845. The van der Waals surface area contributed by atoms with Crippen LogP contribution in [0.4, 0.5) is 0 Å². The molecule has 1 aliphatic rings. The number of hydrogen-bond donors (Lipinski definition) is 2. The van der Waals surface area contributed by atoms with Crippen LogP contribution in [-0.4, -0.2) is 28.6 Å². The van der Waals surface area contributed by atoms with Gasteiger partial charge in [-0.1, -0.05) is 19.9 Å². The lowest BCUT2D eigenvalue weighted by Crippen LogP contribution is -2.53. The van der Waals surface area contributed by atoms with Crippen LogP contribution in [0, 0.1) is 13.8 Å². The molecule has 0 spiro atoms. The van der Waals surface area contributed by atoms with E-state index in [9.17, 15) is 9.59 Å². The lowest BCUT2D eigenvalue weighted by Gasteiger charge is -2.32. The number of amides is 1. The molecule has 1 aromatic carbocycles. The number of aryl methyl sites for hydroxylation is 2. The zero-order valence-corrected chi connectivity index (χ0v) is 14.2. The minimum absolute atomic E-state index is 0.0797. The lowest BCUT2D eigenvalue weighted by molar-refractivity contribution is -0.139. The van der Waals surface area contributed by atoms with E-state index in [-0.39, 0.29) is 12.3 Å². The Morgan fingerprint density at radius 2 is 1.87 bits per heavy atom. The van der Waals surface area contributed by atoms with Crippen LogP contribution < -0.4 is 10.1 Å². The second kappa shape index (κ2) is 6.60. The summed E-state index contributed by atoms with van der Waals surface area (Å²) >= 11 is 0. The summed E-state index contributed by atoms with van der Waals surface area (Å²) in [5, 5.41) is 12.0. The molecular formula is C18H25NO4. The second-order valence-electron chi connectivity index (χ2n) is 6.40. The number of ether oxygens (including phenoxy) is 1. The zero-order chi connectivity index (χ0) is 17.2. The highest BCUT2D eigenvalue weighted by Crippen LogP contribution is 2.32. The maximum absolute atomic E-state index is 12.6. The SMILES string of the molecule is CCC(CC)(CC(=O)O)NC(=O)C1Cc2cc(C)c(C)cc2O1. The molecule has 2 rings (SSSR count). The molecule has 1 aromatic rings. The molecule has 1 heterocycles. The molecule has 0 saturated carbocycles. The third kappa shape index (κ3) is 3.66. The fourth-order valence-electron chi connectivity index (χ4n) is 3.01. The highest BCUT2D eigenvalue weighted by atomic mass is 16.5. The summed E-state index contributed by atoms with van der Waals surface area (Å²) in [6.45, 7) is 7.83. The van der Waals surface area contributed by atoms with Gasteiger partial charge in [0.1, 0.15) is 5.75 Å². The van der Waals surface area contributed by atoms with Crippen molar-refractivity contribution in [2.75, 3.05) is 0 Å². The van der Waals surface area contributed by atoms with Crippen LogP contribution >= 0.6 is 0 Å². The molecule has 0 radical (unpaired) electrons. The van der Waals surface area contributed by atoms with Gasteiger partial charge >= 0.3 is 5.97 Å². The zero-order valence-electron chi connectivity index (χ0n) is 14.2. The number of benzene rings is 1. The van der Waals surface area contributed by atoms with Crippen molar-refractivity contribution in [2.24, 2.45) is 0 Å². The topological polar surface area (TPSA) is 75.6 Å². The Morgan fingerprint density at radius 3 is 2.43 bits per heavy atom. The Bertz CT molecular complexity index is 589. The van der Waals surface area contributed by atoms with Gasteiger partial charge in [-0.15, -0.1) is 0 Å². The predicted molar refractivity (Wildman–Crippen MR) is 87.7 cm³/mol. The maximum atomic E-state index is 12.6. The molecule has 0 bridgehead atoms. The number of carboxylic acids is 1. The molecule has 5 nitrogen and oxygen atoms in total. The third-order valence-corrected chi connectivity index (χ3v) is 4.88. The first-order valence-electron chi connectivity index (χ1n) is 8.11. The van der Waals surface area contributed by atoms with Crippen LogP contribution in [-0.2, 0) is 16.0 Å². The van der Waals surface area contributed by atoms with Gasteiger partial charge in [-0.05, 0) is 49.4 Å². The Hall–Kier alpha value is -2.04. The van der Waals surface area contributed by atoms with Crippen molar-refractivity contribution in [1.82, 2.24) is 5.32 Å². The Balaban J connectivity index is 2.11. The number of aliphatic carboxylic acids is 1. The van der Waals surface area contributed by atoms with Crippen molar-refractivity contribution in [3.63, 3.8) is 0 Å². The first-order chi connectivity index (χ1) is 10.8. The summed E-state index contributed by atoms with van der Waals surface area (Å²) in [5.74, 6) is -0.387.